The molecule has 21 heavy (non-hydrogen) atoms. The van der Waals surface area contributed by atoms with Crippen LogP contribution < -0.4 is 5.56 Å². The predicted molar refractivity (Wildman–Crippen MR) is 87.8 cm³/mol. The Morgan fingerprint density at radius 3 is 3.19 bits per heavy atom. The molecule has 2 aromatic rings. The van der Waals surface area contributed by atoms with Gasteiger partial charge in [0.1, 0.15) is 10.5 Å². The summed E-state index contributed by atoms with van der Waals surface area (Å²) in [6, 6.07) is 1.93. The van der Waals surface area contributed by atoms with Gasteiger partial charge in [-0.1, -0.05) is 19.8 Å². The zero-order valence-electron chi connectivity index (χ0n) is 12.6. The zero-order valence-corrected chi connectivity index (χ0v) is 13.4. The van der Waals surface area contributed by atoms with E-state index in [1.54, 1.807) is 0 Å². The Morgan fingerprint density at radius 1 is 1.43 bits per heavy atom. The number of aromatic amines is 1. The highest BCUT2D eigenvalue weighted by Gasteiger charge is 2.17. The van der Waals surface area contributed by atoms with Gasteiger partial charge in [-0.3, -0.25) is 9.69 Å². The summed E-state index contributed by atoms with van der Waals surface area (Å²) in [6.07, 6.45) is 6.52. The van der Waals surface area contributed by atoms with Crippen LogP contribution in [0.2, 0.25) is 0 Å². The summed E-state index contributed by atoms with van der Waals surface area (Å²) in [4.78, 5) is 22.0. The van der Waals surface area contributed by atoms with Crippen LogP contribution in [0.4, 0.5) is 0 Å². The maximum absolute atomic E-state index is 12.0. The van der Waals surface area contributed by atoms with Crippen LogP contribution in [0.5, 0.6) is 0 Å². The Hall–Kier alpha value is -1.20. The number of rotatable bonds is 4. The number of H-pyrrole nitrogens is 1. The normalized spacial score (nSPS) is 20.7. The molecule has 0 aliphatic carbocycles. The third-order valence-electron chi connectivity index (χ3n) is 4.37. The van der Waals surface area contributed by atoms with Gasteiger partial charge in [-0.05, 0) is 49.7 Å². The lowest BCUT2D eigenvalue weighted by molar-refractivity contribution is 0.265. The van der Waals surface area contributed by atoms with Crippen molar-refractivity contribution in [2.24, 2.45) is 5.92 Å². The first kappa shape index (κ1) is 14.7. The Balaban J connectivity index is 1.68. The van der Waals surface area contributed by atoms with Gasteiger partial charge in [0.05, 0.1) is 12.1 Å². The number of nitrogens with zero attached hydrogens (tertiary/aromatic N) is 2. The van der Waals surface area contributed by atoms with E-state index in [4.69, 9.17) is 0 Å². The maximum atomic E-state index is 12.0. The van der Waals surface area contributed by atoms with Crippen molar-refractivity contribution in [2.75, 3.05) is 13.1 Å². The van der Waals surface area contributed by atoms with E-state index >= 15 is 0 Å². The fraction of sp³-hybridized carbons (Fsp3) is 0.625. The van der Waals surface area contributed by atoms with Gasteiger partial charge in [0.15, 0.2) is 0 Å². The summed E-state index contributed by atoms with van der Waals surface area (Å²) < 4.78 is 0.734. The molecule has 0 radical (unpaired) electrons. The van der Waals surface area contributed by atoms with Gasteiger partial charge in [-0.2, -0.15) is 0 Å². The summed E-state index contributed by atoms with van der Waals surface area (Å²) in [5, 5.41) is 1.93. The minimum Gasteiger partial charge on any atom is -0.308 e. The Morgan fingerprint density at radius 2 is 2.33 bits per heavy atom. The van der Waals surface area contributed by atoms with E-state index in [9.17, 15) is 4.79 Å². The van der Waals surface area contributed by atoms with Crippen molar-refractivity contribution >= 4 is 21.6 Å². The number of hydrogen-bond acceptors (Lipinski definition) is 4. The van der Waals surface area contributed by atoms with Gasteiger partial charge >= 0.3 is 0 Å². The molecule has 1 aliphatic heterocycles. The highest BCUT2D eigenvalue weighted by molar-refractivity contribution is 7.17. The molecule has 0 unspecified atom stereocenters. The molecule has 1 atom stereocenters. The van der Waals surface area contributed by atoms with Crippen LogP contribution in [0.1, 0.15) is 44.9 Å². The smallest absolute Gasteiger partial charge is 0.268 e. The predicted octanol–water partition coefficient (Wildman–Crippen LogP) is 3.39. The summed E-state index contributed by atoms with van der Waals surface area (Å²) in [6.45, 7) is 5.27. The second kappa shape index (κ2) is 6.71. The van der Waals surface area contributed by atoms with E-state index in [0.717, 1.165) is 41.6 Å². The van der Waals surface area contributed by atoms with Gasteiger partial charge in [0.25, 0.3) is 5.56 Å². The van der Waals surface area contributed by atoms with Crippen molar-refractivity contribution in [3.63, 3.8) is 0 Å². The monoisotopic (exact) mass is 305 g/mol. The van der Waals surface area contributed by atoms with Crippen LogP contribution in [0.15, 0.2) is 16.2 Å². The van der Waals surface area contributed by atoms with Gasteiger partial charge in [-0.25, -0.2) is 4.98 Å². The second-order valence-corrected chi connectivity index (χ2v) is 6.93. The molecule has 114 valence electrons. The van der Waals surface area contributed by atoms with Crippen molar-refractivity contribution in [2.45, 2.75) is 45.6 Å². The molecule has 0 bridgehead atoms. The van der Waals surface area contributed by atoms with Gasteiger partial charge in [0, 0.05) is 0 Å². The molecule has 0 spiro atoms. The Labute approximate surface area is 129 Å². The fourth-order valence-corrected chi connectivity index (χ4v) is 4.01. The first-order chi connectivity index (χ1) is 10.3. The summed E-state index contributed by atoms with van der Waals surface area (Å²) in [5.74, 6) is 1.69. The first-order valence-corrected chi connectivity index (χ1v) is 8.83. The standard InChI is InChI=1S/C16H23N3OS/c1-2-4-12-5-3-8-19(9-6-12)11-14-17-13-7-10-21-15(13)16(20)18-14/h7,10,12H,2-6,8-9,11H2,1H3,(H,17,18,20)/t12-/m0/s1. The van der Waals surface area contributed by atoms with Crippen LogP contribution in [-0.4, -0.2) is 28.0 Å². The van der Waals surface area contributed by atoms with Crippen molar-refractivity contribution in [1.82, 2.24) is 14.9 Å². The van der Waals surface area contributed by atoms with E-state index < -0.39 is 0 Å². The number of nitrogens with one attached hydrogen (secondary N) is 1. The van der Waals surface area contributed by atoms with Crippen LogP contribution >= 0.6 is 11.3 Å². The molecular weight excluding hydrogens is 282 g/mol. The SMILES string of the molecule is CCC[C@H]1CCCN(Cc2nc3ccsc3c(=O)[nH]2)CC1. The summed E-state index contributed by atoms with van der Waals surface area (Å²) >= 11 is 1.46. The highest BCUT2D eigenvalue weighted by Crippen LogP contribution is 2.22. The zero-order chi connectivity index (χ0) is 14.7. The van der Waals surface area contributed by atoms with E-state index in [2.05, 4.69) is 21.8 Å². The minimum absolute atomic E-state index is 0.00341. The molecular formula is C16H23N3OS. The van der Waals surface area contributed by atoms with Crippen molar-refractivity contribution in [3.8, 4) is 0 Å². The van der Waals surface area contributed by atoms with E-state index in [-0.39, 0.29) is 5.56 Å². The average Bonchev–Trinajstić information content (AvgIpc) is 2.83. The Kier molecular flexibility index (Phi) is 4.70. The van der Waals surface area contributed by atoms with Crippen LogP contribution in [0.25, 0.3) is 10.2 Å². The van der Waals surface area contributed by atoms with Gasteiger partial charge < -0.3 is 4.98 Å². The van der Waals surface area contributed by atoms with Crippen molar-refractivity contribution < 1.29 is 0 Å². The molecule has 0 saturated carbocycles. The number of fused-ring (bicyclic) bond motifs is 1. The van der Waals surface area contributed by atoms with Crippen molar-refractivity contribution in [3.05, 3.63) is 27.6 Å². The Bertz CT molecular complexity index is 648. The van der Waals surface area contributed by atoms with Crippen molar-refractivity contribution in [1.29, 1.82) is 0 Å². The molecule has 1 fully saturated rings. The van der Waals surface area contributed by atoms with E-state index in [0.29, 0.717) is 0 Å². The molecule has 1 N–H and O–H groups in total. The van der Waals surface area contributed by atoms with Crippen LogP contribution in [0.3, 0.4) is 0 Å². The van der Waals surface area contributed by atoms with E-state index in [1.807, 2.05) is 11.4 Å². The third kappa shape index (κ3) is 3.52. The molecule has 1 aliphatic rings. The van der Waals surface area contributed by atoms with Crippen LogP contribution in [-0.2, 0) is 6.54 Å². The third-order valence-corrected chi connectivity index (χ3v) is 5.28. The lowest BCUT2D eigenvalue weighted by Gasteiger charge is -2.19. The summed E-state index contributed by atoms with van der Waals surface area (Å²) in [7, 11) is 0. The molecule has 3 rings (SSSR count). The topological polar surface area (TPSA) is 49.0 Å². The maximum Gasteiger partial charge on any atom is 0.268 e. The lowest BCUT2D eigenvalue weighted by Crippen LogP contribution is -2.26. The van der Waals surface area contributed by atoms with Gasteiger partial charge in [-0.15, -0.1) is 11.3 Å². The fourth-order valence-electron chi connectivity index (χ4n) is 3.29. The van der Waals surface area contributed by atoms with E-state index in [1.165, 1.54) is 43.4 Å². The molecule has 3 heterocycles. The lowest BCUT2D eigenvalue weighted by atomic mass is 9.96. The highest BCUT2D eigenvalue weighted by atomic mass is 32.1. The number of hydrogen-bond donors (Lipinski definition) is 1. The number of thiophene rings is 1. The first-order valence-electron chi connectivity index (χ1n) is 7.95. The molecule has 0 aromatic carbocycles. The van der Waals surface area contributed by atoms with Crippen LogP contribution in [0, 0.1) is 5.92 Å². The molecule has 1 saturated heterocycles. The molecule has 5 heteroatoms. The molecule has 4 nitrogen and oxygen atoms in total. The average molecular weight is 305 g/mol. The number of likely N-dealkylation sites (tertiary alicyclic amines) is 1. The minimum atomic E-state index is 0.00341. The number of aromatic nitrogens is 2. The largest absolute Gasteiger partial charge is 0.308 e. The molecule has 2 aromatic heterocycles. The summed E-state index contributed by atoms with van der Waals surface area (Å²) in [5.41, 5.74) is 0.834. The quantitative estimate of drug-likeness (QED) is 0.942. The molecule has 0 amide bonds. The van der Waals surface area contributed by atoms with Gasteiger partial charge in [0.2, 0.25) is 0 Å². The second-order valence-electron chi connectivity index (χ2n) is 6.01.